The van der Waals surface area contributed by atoms with E-state index in [1.165, 1.54) is 0 Å². The molecule has 0 aromatic rings. The highest BCUT2D eigenvalue weighted by Gasteiger charge is 2.38. The molecule has 2 aliphatic heterocycles. The molecule has 134 valence electrons. The normalized spacial score (nSPS) is 26.0. The van der Waals surface area contributed by atoms with Gasteiger partial charge in [0.2, 0.25) is 0 Å². The number of esters is 1. The number of aliphatic imine (C=N–C) groups is 1. The van der Waals surface area contributed by atoms with Crippen LogP contribution in [0.1, 0.15) is 19.8 Å². The van der Waals surface area contributed by atoms with Gasteiger partial charge in [0.05, 0.1) is 18.1 Å². The van der Waals surface area contributed by atoms with E-state index >= 15 is 0 Å². The number of hydrogen-bond donors (Lipinski definition) is 4. The Balaban J connectivity index is 2.00. The molecule has 0 aliphatic carbocycles. The summed E-state index contributed by atoms with van der Waals surface area (Å²) >= 11 is 0. The summed E-state index contributed by atoms with van der Waals surface area (Å²) in [6.45, 7) is 1.91. The highest BCUT2D eigenvalue weighted by atomic mass is 16.5. The van der Waals surface area contributed by atoms with E-state index in [1.54, 1.807) is 17.9 Å². The predicted molar refractivity (Wildman–Crippen MR) is 84.1 cm³/mol. The number of ether oxygens (including phenoxy) is 1. The number of guanidine groups is 1. The maximum Gasteiger partial charge on any atom is 0.334 e. The van der Waals surface area contributed by atoms with Crippen LogP contribution in [0.3, 0.4) is 0 Å². The molecule has 0 spiro atoms. The van der Waals surface area contributed by atoms with Crippen molar-refractivity contribution >= 4 is 17.9 Å². The lowest BCUT2D eigenvalue weighted by Crippen LogP contribution is -2.41. The van der Waals surface area contributed by atoms with Crippen molar-refractivity contribution in [2.24, 2.45) is 16.6 Å². The van der Waals surface area contributed by atoms with Crippen LogP contribution in [0.15, 0.2) is 16.6 Å². The van der Waals surface area contributed by atoms with Gasteiger partial charge in [-0.2, -0.15) is 0 Å². The number of aliphatic hydroxyl groups is 2. The first-order valence-corrected chi connectivity index (χ1v) is 7.81. The molecule has 0 aromatic carbocycles. The first kappa shape index (κ1) is 18.2. The summed E-state index contributed by atoms with van der Waals surface area (Å²) in [6.07, 6.45) is 0.589. The van der Waals surface area contributed by atoms with E-state index in [4.69, 9.17) is 15.6 Å². The number of carboxylic acids is 1. The second-order valence-corrected chi connectivity index (χ2v) is 6.10. The summed E-state index contributed by atoms with van der Waals surface area (Å²) in [7, 11) is 0. The topological polar surface area (TPSA) is 146 Å². The lowest BCUT2D eigenvalue weighted by molar-refractivity contribution is -0.147. The van der Waals surface area contributed by atoms with E-state index < -0.39 is 36.1 Å². The molecule has 2 aliphatic rings. The highest BCUT2D eigenvalue weighted by Crippen LogP contribution is 2.26. The van der Waals surface area contributed by atoms with Gasteiger partial charge in [0.1, 0.15) is 6.10 Å². The Morgan fingerprint density at radius 3 is 2.83 bits per heavy atom. The molecule has 0 saturated heterocycles. The van der Waals surface area contributed by atoms with Gasteiger partial charge in [0.15, 0.2) is 5.96 Å². The van der Waals surface area contributed by atoms with Crippen LogP contribution < -0.4 is 5.73 Å². The Bertz CT molecular complexity index is 561. The summed E-state index contributed by atoms with van der Waals surface area (Å²) in [5.41, 5.74) is 6.28. The molecule has 0 saturated carbocycles. The molecule has 9 nitrogen and oxygen atoms in total. The predicted octanol–water partition coefficient (Wildman–Crippen LogP) is -1.31. The van der Waals surface area contributed by atoms with Gasteiger partial charge in [-0.25, -0.2) is 9.79 Å². The van der Waals surface area contributed by atoms with E-state index in [0.717, 1.165) is 0 Å². The van der Waals surface area contributed by atoms with Gasteiger partial charge in [0.25, 0.3) is 0 Å². The van der Waals surface area contributed by atoms with Gasteiger partial charge in [-0.15, -0.1) is 0 Å². The summed E-state index contributed by atoms with van der Waals surface area (Å²) in [5.74, 6) is -2.17. The average Bonchev–Trinajstić information content (AvgIpc) is 2.99. The molecule has 0 amide bonds. The number of cyclic esters (lactones) is 1. The van der Waals surface area contributed by atoms with E-state index in [-0.39, 0.29) is 38.5 Å². The van der Waals surface area contributed by atoms with Crippen molar-refractivity contribution in [3.05, 3.63) is 11.6 Å². The van der Waals surface area contributed by atoms with Gasteiger partial charge in [-0.1, -0.05) is 0 Å². The van der Waals surface area contributed by atoms with Gasteiger partial charge in [0, 0.05) is 31.7 Å². The van der Waals surface area contributed by atoms with E-state index in [9.17, 15) is 19.8 Å². The van der Waals surface area contributed by atoms with Crippen LogP contribution in [0.5, 0.6) is 0 Å². The third kappa shape index (κ3) is 4.24. The second kappa shape index (κ2) is 7.63. The fourth-order valence-electron chi connectivity index (χ4n) is 2.89. The van der Waals surface area contributed by atoms with Crippen molar-refractivity contribution in [2.45, 2.75) is 38.0 Å². The van der Waals surface area contributed by atoms with Crippen LogP contribution in [0.4, 0.5) is 0 Å². The number of nitrogens with zero attached hydrogens (tertiary/aromatic N) is 2. The molecule has 9 heteroatoms. The lowest BCUT2D eigenvalue weighted by atomic mass is 9.93. The zero-order valence-electron chi connectivity index (χ0n) is 13.5. The van der Waals surface area contributed by atoms with Crippen LogP contribution >= 0.6 is 0 Å². The molecule has 24 heavy (non-hydrogen) atoms. The molecule has 2 rings (SSSR count). The van der Waals surface area contributed by atoms with Crippen molar-refractivity contribution < 1.29 is 29.6 Å². The number of carbonyl (C=O) groups is 2. The summed E-state index contributed by atoms with van der Waals surface area (Å²) in [6, 6.07) is -0.586. The standard InChI is InChI=1S/C15H23N3O6/c1-8-4-10(24-14(8)23)5-11(13(21)22)12-7-18(15(16)17-12)6-9(20)2-3-19/h4,9-12,19-20H,2-3,5-7H2,1H3,(H2,16,17)(H,21,22)/t9?,10-,11+,12-/m0/s1. The number of β-amino-alcohol motifs (C(OH)–C–C–N with tert-alkyl or cyclic N) is 1. The molecular formula is C15H23N3O6. The maximum absolute atomic E-state index is 11.6. The Morgan fingerprint density at radius 2 is 2.29 bits per heavy atom. The first-order chi connectivity index (χ1) is 11.3. The summed E-state index contributed by atoms with van der Waals surface area (Å²) < 4.78 is 5.11. The second-order valence-electron chi connectivity index (χ2n) is 6.10. The van der Waals surface area contributed by atoms with Crippen molar-refractivity contribution in [2.75, 3.05) is 19.7 Å². The minimum Gasteiger partial charge on any atom is -0.481 e. The Hall–Kier alpha value is -2.13. The number of aliphatic carboxylic acids is 1. The quantitative estimate of drug-likeness (QED) is 0.398. The third-order valence-electron chi connectivity index (χ3n) is 4.21. The zero-order chi connectivity index (χ0) is 17.9. The third-order valence-corrected chi connectivity index (χ3v) is 4.21. The summed E-state index contributed by atoms with van der Waals surface area (Å²) in [4.78, 5) is 28.8. The van der Waals surface area contributed by atoms with Gasteiger partial charge >= 0.3 is 11.9 Å². The van der Waals surface area contributed by atoms with Gasteiger partial charge < -0.3 is 30.7 Å². The molecule has 4 atom stereocenters. The first-order valence-electron chi connectivity index (χ1n) is 7.81. The lowest BCUT2D eigenvalue weighted by Gasteiger charge is -2.24. The largest absolute Gasteiger partial charge is 0.481 e. The molecule has 2 heterocycles. The van der Waals surface area contributed by atoms with Crippen LogP contribution in [-0.2, 0) is 14.3 Å². The Morgan fingerprint density at radius 1 is 1.58 bits per heavy atom. The molecule has 0 radical (unpaired) electrons. The molecule has 0 bridgehead atoms. The monoisotopic (exact) mass is 341 g/mol. The maximum atomic E-state index is 11.6. The number of nitrogens with two attached hydrogens (primary N) is 1. The van der Waals surface area contributed by atoms with E-state index in [0.29, 0.717) is 5.57 Å². The Labute approximate surface area is 139 Å². The van der Waals surface area contributed by atoms with Crippen LogP contribution in [0.25, 0.3) is 0 Å². The van der Waals surface area contributed by atoms with E-state index in [2.05, 4.69) is 4.99 Å². The van der Waals surface area contributed by atoms with Gasteiger partial charge in [-0.3, -0.25) is 4.79 Å². The van der Waals surface area contributed by atoms with Crippen molar-refractivity contribution in [1.82, 2.24) is 4.90 Å². The molecular weight excluding hydrogens is 318 g/mol. The fourth-order valence-corrected chi connectivity index (χ4v) is 2.89. The van der Waals surface area contributed by atoms with Crippen molar-refractivity contribution in [3.63, 3.8) is 0 Å². The number of aliphatic hydroxyl groups excluding tert-OH is 2. The molecule has 1 unspecified atom stereocenters. The van der Waals surface area contributed by atoms with Crippen molar-refractivity contribution in [1.29, 1.82) is 0 Å². The van der Waals surface area contributed by atoms with Crippen LogP contribution in [0.2, 0.25) is 0 Å². The van der Waals surface area contributed by atoms with Gasteiger partial charge in [-0.05, 0) is 19.4 Å². The number of rotatable bonds is 8. The smallest absolute Gasteiger partial charge is 0.334 e. The highest BCUT2D eigenvalue weighted by molar-refractivity contribution is 5.90. The minimum absolute atomic E-state index is 0.118. The fraction of sp³-hybridized carbons (Fsp3) is 0.667. The molecule has 0 aromatic heterocycles. The van der Waals surface area contributed by atoms with Crippen LogP contribution in [0, 0.1) is 5.92 Å². The minimum atomic E-state index is -1.04. The zero-order valence-corrected chi connectivity index (χ0v) is 13.5. The number of hydrogen-bond acceptors (Lipinski definition) is 8. The molecule has 5 N–H and O–H groups in total. The number of carbonyl (C=O) groups excluding carboxylic acids is 1. The van der Waals surface area contributed by atoms with E-state index in [1.807, 2.05) is 0 Å². The molecule has 0 fully saturated rings. The summed E-state index contributed by atoms with van der Waals surface area (Å²) in [5, 5.41) is 28.1. The van der Waals surface area contributed by atoms with Crippen LogP contribution in [-0.4, -0.2) is 76.1 Å². The SMILES string of the molecule is CC1=C[C@@H](C[C@@H](C(=O)O)[C@@H]2CN(CC(O)CCO)C(N)=N2)OC1=O. The Kier molecular flexibility index (Phi) is 5.79. The van der Waals surface area contributed by atoms with Crippen molar-refractivity contribution in [3.8, 4) is 0 Å². The number of carboxylic acid groups (broad SMARTS) is 1. The average molecular weight is 341 g/mol.